The topological polar surface area (TPSA) is 45.0 Å². The summed E-state index contributed by atoms with van der Waals surface area (Å²) in [4.78, 5) is 0. The van der Waals surface area contributed by atoms with Gasteiger partial charge < -0.3 is 10.1 Å². The standard InChI is InChI=1S/C17H25FN2O/c1-13(20-4)15-8-7-14(18)11-16(15)21-10-6-5-9-17(2,3)12-19/h7-8,11,13,20H,5-6,9-10H2,1-4H3. The Hall–Kier alpha value is -1.60. The first-order valence-corrected chi connectivity index (χ1v) is 7.40. The maximum absolute atomic E-state index is 13.4. The second-order valence-electron chi connectivity index (χ2n) is 5.99. The van der Waals surface area contributed by atoms with Crippen LogP contribution in [0.15, 0.2) is 18.2 Å². The van der Waals surface area contributed by atoms with Crippen LogP contribution in [0.3, 0.4) is 0 Å². The van der Waals surface area contributed by atoms with Gasteiger partial charge in [-0.05, 0) is 53.1 Å². The van der Waals surface area contributed by atoms with Crippen molar-refractivity contribution in [2.75, 3.05) is 13.7 Å². The third-order valence-corrected chi connectivity index (χ3v) is 3.63. The minimum Gasteiger partial charge on any atom is -0.493 e. The first kappa shape index (κ1) is 17.5. The number of nitriles is 1. The summed E-state index contributed by atoms with van der Waals surface area (Å²) in [5, 5.41) is 12.1. The molecule has 3 nitrogen and oxygen atoms in total. The van der Waals surface area contributed by atoms with Gasteiger partial charge in [0.25, 0.3) is 0 Å². The summed E-state index contributed by atoms with van der Waals surface area (Å²) in [6.45, 7) is 6.42. The van der Waals surface area contributed by atoms with Crippen molar-refractivity contribution in [3.63, 3.8) is 0 Å². The Morgan fingerprint density at radius 1 is 1.38 bits per heavy atom. The highest BCUT2D eigenvalue weighted by molar-refractivity contribution is 5.36. The molecule has 4 heteroatoms. The van der Waals surface area contributed by atoms with Gasteiger partial charge in [-0.25, -0.2) is 4.39 Å². The number of halogens is 1. The lowest BCUT2D eigenvalue weighted by Crippen LogP contribution is -2.14. The molecule has 0 saturated carbocycles. The van der Waals surface area contributed by atoms with Gasteiger partial charge in [0.1, 0.15) is 11.6 Å². The SMILES string of the molecule is CNC(C)c1ccc(F)cc1OCCCCC(C)(C)C#N. The van der Waals surface area contributed by atoms with Crippen LogP contribution in [0, 0.1) is 22.6 Å². The molecule has 0 radical (unpaired) electrons. The molecule has 0 heterocycles. The summed E-state index contributed by atoms with van der Waals surface area (Å²) in [5.41, 5.74) is 0.668. The van der Waals surface area contributed by atoms with E-state index in [1.165, 1.54) is 12.1 Å². The van der Waals surface area contributed by atoms with E-state index in [1.807, 2.05) is 27.8 Å². The van der Waals surface area contributed by atoms with Crippen LogP contribution in [0.2, 0.25) is 0 Å². The average Bonchev–Trinajstić information content (AvgIpc) is 2.46. The number of nitrogens with zero attached hydrogens (tertiary/aromatic N) is 1. The number of rotatable bonds is 8. The van der Waals surface area contributed by atoms with Crippen molar-refractivity contribution in [2.45, 2.75) is 46.1 Å². The van der Waals surface area contributed by atoms with E-state index in [4.69, 9.17) is 10.00 Å². The maximum Gasteiger partial charge on any atom is 0.126 e. The van der Waals surface area contributed by atoms with Gasteiger partial charge in [0.05, 0.1) is 18.1 Å². The van der Waals surface area contributed by atoms with Crippen LogP contribution in [0.1, 0.15) is 51.6 Å². The predicted octanol–water partition coefficient (Wildman–Crippen LogP) is 4.20. The molecular weight excluding hydrogens is 267 g/mol. The fraction of sp³-hybridized carbons (Fsp3) is 0.588. The molecule has 21 heavy (non-hydrogen) atoms. The summed E-state index contributed by atoms with van der Waals surface area (Å²) in [6.07, 6.45) is 2.62. The molecule has 1 N–H and O–H groups in total. The van der Waals surface area contributed by atoms with Gasteiger partial charge in [-0.1, -0.05) is 6.07 Å². The van der Waals surface area contributed by atoms with E-state index in [1.54, 1.807) is 6.07 Å². The summed E-state index contributed by atoms with van der Waals surface area (Å²) in [7, 11) is 1.86. The normalized spacial score (nSPS) is 12.8. The van der Waals surface area contributed by atoms with Crippen molar-refractivity contribution < 1.29 is 9.13 Å². The second-order valence-corrected chi connectivity index (χ2v) is 5.99. The van der Waals surface area contributed by atoms with E-state index in [-0.39, 0.29) is 17.3 Å². The second kappa shape index (κ2) is 7.99. The summed E-state index contributed by atoms with van der Waals surface area (Å²) < 4.78 is 19.1. The Bertz CT molecular complexity index is 494. The fourth-order valence-corrected chi connectivity index (χ4v) is 2.05. The van der Waals surface area contributed by atoms with Crippen molar-refractivity contribution >= 4 is 0 Å². The van der Waals surface area contributed by atoms with Crippen molar-refractivity contribution in [3.05, 3.63) is 29.6 Å². The fourth-order valence-electron chi connectivity index (χ4n) is 2.05. The molecular formula is C17H25FN2O. The number of benzene rings is 1. The first-order chi connectivity index (χ1) is 9.89. The summed E-state index contributed by atoms with van der Waals surface area (Å²) >= 11 is 0. The number of nitrogens with one attached hydrogen (secondary N) is 1. The number of ether oxygens (including phenoxy) is 1. The van der Waals surface area contributed by atoms with Crippen molar-refractivity contribution in [3.8, 4) is 11.8 Å². The smallest absolute Gasteiger partial charge is 0.126 e. The highest BCUT2D eigenvalue weighted by Crippen LogP contribution is 2.27. The van der Waals surface area contributed by atoms with Crippen LogP contribution in [0.4, 0.5) is 4.39 Å². The molecule has 116 valence electrons. The van der Waals surface area contributed by atoms with E-state index in [2.05, 4.69) is 11.4 Å². The third kappa shape index (κ3) is 5.73. The quantitative estimate of drug-likeness (QED) is 0.730. The molecule has 0 aliphatic heterocycles. The lowest BCUT2D eigenvalue weighted by molar-refractivity contribution is 0.289. The molecule has 1 rings (SSSR count). The van der Waals surface area contributed by atoms with Crippen LogP contribution >= 0.6 is 0 Å². The maximum atomic E-state index is 13.4. The number of hydrogen-bond acceptors (Lipinski definition) is 3. The Balaban J connectivity index is 2.52. The minimum atomic E-state index is -0.289. The number of unbranched alkanes of at least 4 members (excludes halogenated alkanes) is 1. The van der Waals surface area contributed by atoms with Crippen LogP contribution in [-0.4, -0.2) is 13.7 Å². The van der Waals surface area contributed by atoms with Gasteiger partial charge in [0.2, 0.25) is 0 Å². The van der Waals surface area contributed by atoms with Gasteiger partial charge in [0, 0.05) is 17.7 Å². The molecule has 0 fully saturated rings. The molecule has 1 aromatic carbocycles. The Morgan fingerprint density at radius 3 is 2.71 bits per heavy atom. The predicted molar refractivity (Wildman–Crippen MR) is 82.6 cm³/mol. The zero-order valence-electron chi connectivity index (χ0n) is 13.4. The van der Waals surface area contributed by atoms with E-state index >= 15 is 0 Å². The van der Waals surface area contributed by atoms with Gasteiger partial charge in [0.15, 0.2) is 0 Å². The molecule has 1 unspecified atom stereocenters. The third-order valence-electron chi connectivity index (χ3n) is 3.63. The zero-order chi connectivity index (χ0) is 15.9. The molecule has 0 spiro atoms. The summed E-state index contributed by atoms with van der Waals surface area (Å²) in [6, 6.07) is 7.04. The van der Waals surface area contributed by atoms with Gasteiger partial charge >= 0.3 is 0 Å². The molecule has 0 saturated heterocycles. The lowest BCUT2D eigenvalue weighted by Gasteiger charge is -2.17. The Morgan fingerprint density at radius 2 is 2.10 bits per heavy atom. The lowest BCUT2D eigenvalue weighted by atomic mass is 9.89. The van der Waals surface area contributed by atoms with Crippen LogP contribution in [0.25, 0.3) is 0 Å². The molecule has 0 aliphatic carbocycles. The zero-order valence-corrected chi connectivity index (χ0v) is 13.4. The molecule has 0 aliphatic rings. The monoisotopic (exact) mass is 292 g/mol. The van der Waals surface area contributed by atoms with Gasteiger partial charge in [-0.3, -0.25) is 0 Å². The average molecular weight is 292 g/mol. The first-order valence-electron chi connectivity index (χ1n) is 7.40. The van der Waals surface area contributed by atoms with Gasteiger partial charge in [-0.15, -0.1) is 0 Å². The minimum absolute atomic E-state index is 0.109. The van der Waals surface area contributed by atoms with E-state index in [0.717, 1.165) is 24.8 Å². The molecule has 1 aromatic rings. The van der Waals surface area contributed by atoms with Crippen LogP contribution in [-0.2, 0) is 0 Å². The molecule has 0 bridgehead atoms. The van der Waals surface area contributed by atoms with E-state index in [9.17, 15) is 4.39 Å². The van der Waals surface area contributed by atoms with Gasteiger partial charge in [-0.2, -0.15) is 5.26 Å². The Kier molecular flexibility index (Phi) is 6.64. The van der Waals surface area contributed by atoms with Crippen molar-refractivity contribution in [1.29, 1.82) is 5.26 Å². The summed E-state index contributed by atoms with van der Waals surface area (Å²) in [5.74, 6) is 0.305. The van der Waals surface area contributed by atoms with E-state index < -0.39 is 0 Å². The highest BCUT2D eigenvalue weighted by Gasteiger charge is 2.16. The Labute approximate surface area is 127 Å². The van der Waals surface area contributed by atoms with Crippen molar-refractivity contribution in [1.82, 2.24) is 5.32 Å². The number of hydrogen-bond donors (Lipinski definition) is 1. The molecule has 0 aromatic heterocycles. The van der Waals surface area contributed by atoms with E-state index in [0.29, 0.717) is 12.4 Å². The molecule has 0 amide bonds. The van der Waals surface area contributed by atoms with Crippen LogP contribution in [0.5, 0.6) is 5.75 Å². The molecule has 1 atom stereocenters. The highest BCUT2D eigenvalue weighted by atomic mass is 19.1. The van der Waals surface area contributed by atoms with Crippen molar-refractivity contribution in [2.24, 2.45) is 5.41 Å². The largest absolute Gasteiger partial charge is 0.493 e. The van der Waals surface area contributed by atoms with Crippen LogP contribution < -0.4 is 10.1 Å².